The van der Waals surface area contributed by atoms with Crippen molar-refractivity contribution in [1.29, 1.82) is 0 Å². The summed E-state index contributed by atoms with van der Waals surface area (Å²) in [7, 11) is 0. The average Bonchev–Trinajstić information content (AvgIpc) is 2.54. The van der Waals surface area contributed by atoms with Crippen molar-refractivity contribution in [2.75, 3.05) is 5.32 Å². The fraction of sp³-hybridized carbons (Fsp3) is 0.167. The maximum Gasteiger partial charge on any atom is 0.249 e. The van der Waals surface area contributed by atoms with E-state index in [0.717, 1.165) is 16.7 Å². The third-order valence-corrected chi connectivity index (χ3v) is 3.62. The molecular formula is C18H18ClN3O3. The summed E-state index contributed by atoms with van der Waals surface area (Å²) in [4.78, 5) is 23.5. The molecule has 0 fully saturated rings. The number of nitrogens with one attached hydrogen (secondary N) is 2. The minimum atomic E-state index is -0.532. The fourth-order valence-electron chi connectivity index (χ4n) is 2.17. The van der Waals surface area contributed by atoms with Crippen LogP contribution in [0.25, 0.3) is 0 Å². The van der Waals surface area contributed by atoms with Gasteiger partial charge in [0, 0.05) is 10.7 Å². The highest BCUT2D eigenvalue weighted by Gasteiger charge is 2.09. The van der Waals surface area contributed by atoms with E-state index in [1.54, 1.807) is 50.2 Å². The van der Waals surface area contributed by atoms with Gasteiger partial charge < -0.3 is 10.4 Å². The summed E-state index contributed by atoms with van der Waals surface area (Å²) in [5, 5.41) is 16.7. The summed E-state index contributed by atoms with van der Waals surface area (Å²) in [6, 6.07) is 10.1. The zero-order valence-electron chi connectivity index (χ0n) is 13.8. The van der Waals surface area contributed by atoms with Crippen LogP contribution < -0.4 is 10.7 Å². The van der Waals surface area contributed by atoms with Crippen LogP contribution in [0.5, 0.6) is 5.75 Å². The number of aromatic hydroxyl groups is 1. The molecule has 0 aromatic heterocycles. The Balaban J connectivity index is 1.85. The number of phenols is 1. The van der Waals surface area contributed by atoms with Crippen molar-refractivity contribution < 1.29 is 14.7 Å². The van der Waals surface area contributed by atoms with E-state index in [1.165, 1.54) is 6.21 Å². The van der Waals surface area contributed by atoms with Crippen LogP contribution in [0, 0.1) is 13.8 Å². The third-order valence-electron chi connectivity index (χ3n) is 3.37. The average molecular weight is 360 g/mol. The second kappa shape index (κ2) is 8.30. The smallest absolute Gasteiger partial charge is 0.249 e. The number of anilines is 1. The summed E-state index contributed by atoms with van der Waals surface area (Å²) in [6.07, 6.45) is 1.10. The van der Waals surface area contributed by atoms with Crippen LogP contribution in [0.4, 0.5) is 5.69 Å². The highest BCUT2D eigenvalue weighted by atomic mass is 35.5. The van der Waals surface area contributed by atoms with Gasteiger partial charge in [0.1, 0.15) is 12.2 Å². The zero-order valence-corrected chi connectivity index (χ0v) is 14.6. The number of hydrogen-bond donors (Lipinski definition) is 3. The Hall–Kier alpha value is -2.86. The number of amides is 2. The molecule has 0 saturated carbocycles. The molecule has 2 amide bonds. The summed E-state index contributed by atoms with van der Waals surface area (Å²) in [5.74, 6) is -0.749. The van der Waals surface area contributed by atoms with Gasteiger partial charge in [-0.25, -0.2) is 5.43 Å². The maximum atomic E-state index is 11.8. The first kappa shape index (κ1) is 18.5. The van der Waals surface area contributed by atoms with Crippen LogP contribution >= 0.6 is 11.6 Å². The Morgan fingerprint density at radius 3 is 2.32 bits per heavy atom. The van der Waals surface area contributed by atoms with Crippen molar-refractivity contribution in [3.05, 3.63) is 58.1 Å². The van der Waals surface area contributed by atoms with E-state index >= 15 is 0 Å². The zero-order chi connectivity index (χ0) is 18.4. The molecular weight excluding hydrogens is 342 g/mol. The molecule has 0 unspecified atom stereocenters. The lowest BCUT2D eigenvalue weighted by molar-refractivity contribution is -0.126. The SMILES string of the molecule is Cc1cc(C=NNC(=O)CC(=O)Nc2ccc(Cl)cc2)cc(C)c1O. The van der Waals surface area contributed by atoms with Gasteiger partial charge >= 0.3 is 0 Å². The number of nitrogens with zero attached hydrogens (tertiary/aromatic N) is 1. The maximum absolute atomic E-state index is 11.8. The van der Waals surface area contributed by atoms with Crippen molar-refractivity contribution in [2.24, 2.45) is 5.10 Å². The second-order valence-electron chi connectivity index (χ2n) is 5.53. The van der Waals surface area contributed by atoms with Gasteiger partial charge in [0.05, 0.1) is 6.21 Å². The van der Waals surface area contributed by atoms with Crippen molar-refractivity contribution in [1.82, 2.24) is 5.43 Å². The first-order valence-electron chi connectivity index (χ1n) is 7.52. The predicted molar refractivity (Wildman–Crippen MR) is 98.0 cm³/mol. The lowest BCUT2D eigenvalue weighted by Crippen LogP contribution is -2.24. The van der Waals surface area contributed by atoms with E-state index in [9.17, 15) is 14.7 Å². The monoisotopic (exact) mass is 359 g/mol. The van der Waals surface area contributed by atoms with Crippen molar-refractivity contribution >= 4 is 35.3 Å². The molecule has 0 aliphatic carbocycles. The molecule has 3 N–H and O–H groups in total. The standard InChI is InChI=1S/C18H18ClN3O3/c1-11-7-13(8-12(2)18(11)25)10-20-22-17(24)9-16(23)21-15-5-3-14(19)4-6-15/h3-8,10,25H,9H2,1-2H3,(H,21,23)(H,22,24). The number of carbonyl (C=O) groups is 2. The Morgan fingerprint density at radius 1 is 1.12 bits per heavy atom. The molecule has 6 nitrogen and oxygen atoms in total. The molecule has 2 aromatic rings. The lowest BCUT2D eigenvalue weighted by Gasteiger charge is -2.05. The van der Waals surface area contributed by atoms with Crippen LogP contribution in [-0.4, -0.2) is 23.1 Å². The highest BCUT2D eigenvalue weighted by molar-refractivity contribution is 6.30. The summed E-state index contributed by atoms with van der Waals surface area (Å²) in [5.41, 5.74) is 5.02. The molecule has 0 aliphatic rings. The number of rotatable bonds is 5. The van der Waals surface area contributed by atoms with Crippen molar-refractivity contribution in [3.63, 3.8) is 0 Å². The molecule has 0 atom stereocenters. The Kier molecular flexibility index (Phi) is 6.14. The molecule has 2 rings (SSSR count). The van der Waals surface area contributed by atoms with Gasteiger partial charge in [-0.1, -0.05) is 11.6 Å². The number of carbonyl (C=O) groups excluding carboxylic acids is 2. The highest BCUT2D eigenvalue weighted by Crippen LogP contribution is 2.22. The summed E-state index contributed by atoms with van der Waals surface area (Å²) >= 11 is 5.76. The predicted octanol–water partition coefficient (Wildman–Crippen LogP) is 3.14. The molecule has 0 heterocycles. The van der Waals surface area contributed by atoms with Crippen molar-refractivity contribution in [2.45, 2.75) is 20.3 Å². The van der Waals surface area contributed by atoms with Gasteiger partial charge in [-0.15, -0.1) is 0 Å². The van der Waals surface area contributed by atoms with Crippen LogP contribution in [0.2, 0.25) is 5.02 Å². The molecule has 0 aliphatic heterocycles. The van der Waals surface area contributed by atoms with Gasteiger partial charge in [-0.2, -0.15) is 5.10 Å². The van der Waals surface area contributed by atoms with Crippen LogP contribution in [0.3, 0.4) is 0 Å². The minimum Gasteiger partial charge on any atom is -0.507 e. The molecule has 0 radical (unpaired) electrons. The number of hydrogen-bond acceptors (Lipinski definition) is 4. The number of halogens is 1. The molecule has 130 valence electrons. The molecule has 7 heteroatoms. The third kappa shape index (κ3) is 5.61. The Bertz CT molecular complexity index is 794. The number of phenolic OH excluding ortho intramolecular Hbond substituents is 1. The normalized spacial score (nSPS) is 10.7. The minimum absolute atomic E-state index is 0.236. The number of benzene rings is 2. The van der Waals surface area contributed by atoms with Gasteiger partial charge in [-0.3, -0.25) is 9.59 Å². The number of aryl methyl sites for hydroxylation is 2. The van der Waals surface area contributed by atoms with Crippen LogP contribution in [-0.2, 0) is 9.59 Å². The summed E-state index contributed by atoms with van der Waals surface area (Å²) < 4.78 is 0. The molecule has 0 saturated heterocycles. The van der Waals surface area contributed by atoms with E-state index < -0.39 is 11.8 Å². The second-order valence-corrected chi connectivity index (χ2v) is 5.96. The van der Waals surface area contributed by atoms with E-state index in [2.05, 4.69) is 15.8 Å². The largest absolute Gasteiger partial charge is 0.507 e. The molecule has 25 heavy (non-hydrogen) atoms. The molecule has 0 spiro atoms. The van der Waals surface area contributed by atoms with Gasteiger partial charge in [-0.05, 0) is 66.9 Å². The first-order chi connectivity index (χ1) is 11.8. The van der Waals surface area contributed by atoms with Gasteiger partial charge in [0.15, 0.2) is 0 Å². The van der Waals surface area contributed by atoms with Gasteiger partial charge in [0.25, 0.3) is 0 Å². The lowest BCUT2D eigenvalue weighted by atomic mass is 10.1. The fourth-order valence-corrected chi connectivity index (χ4v) is 2.29. The van der Waals surface area contributed by atoms with E-state index in [1.807, 2.05) is 0 Å². The quantitative estimate of drug-likeness (QED) is 0.435. The Morgan fingerprint density at radius 2 is 1.72 bits per heavy atom. The number of hydrazone groups is 1. The topological polar surface area (TPSA) is 90.8 Å². The molecule has 2 aromatic carbocycles. The van der Waals surface area contributed by atoms with Crippen LogP contribution in [0.15, 0.2) is 41.5 Å². The molecule has 0 bridgehead atoms. The summed E-state index contributed by atoms with van der Waals surface area (Å²) in [6.45, 7) is 3.55. The van der Waals surface area contributed by atoms with Crippen LogP contribution in [0.1, 0.15) is 23.1 Å². The van der Waals surface area contributed by atoms with Crippen molar-refractivity contribution in [3.8, 4) is 5.75 Å². The Labute approximate surface area is 150 Å². The van der Waals surface area contributed by atoms with Gasteiger partial charge in [0.2, 0.25) is 11.8 Å². The van der Waals surface area contributed by atoms with E-state index in [0.29, 0.717) is 10.7 Å². The first-order valence-corrected chi connectivity index (χ1v) is 7.90. The van der Waals surface area contributed by atoms with E-state index in [4.69, 9.17) is 11.6 Å². The van der Waals surface area contributed by atoms with E-state index in [-0.39, 0.29) is 12.2 Å².